The zero-order valence-corrected chi connectivity index (χ0v) is 11.7. The number of aromatic nitrogens is 1. The second kappa shape index (κ2) is 4.15. The molecule has 0 aromatic carbocycles. The lowest BCUT2D eigenvalue weighted by molar-refractivity contribution is 0.0536. The summed E-state index contributed by atoms with van der Waals surface area (Å²) >= 11 is 0. The Bertz CT molecular complexity index is 596. The third-order valence-corrected chi connectivity index (χ3v) is 4.67. The van der Waals surface area contributed by atoms with E-state index in [1.807, 2.05) is 24.8 Å². The second-order valence-corrected chi connectivity index (χ2v) is 6.04. The fourth-order valence-corrected chi connectivity index (χ4v) is 3.25. The Morgan fingerprint density at radius 1 is 1.30 bits per heavy atom. The number of nitriles is 1. The number of piperidine rings is 1. The summed E-state index contributed by atoms with van der Waals surface area (Å²) in [6, 6.07) is 4.07. The van der Waals surface area contributed by atoms with E-state index in [9.17, 15) is 14.0 Å². The average molecular weight is 277 g/mol. The molecule has 1 aromatic rings. The van der Waals surface area contributed by atoms with Gasteiger partial charge < -0.3 is 4.90 Å². The second-order valence-electron chi connectivity index (χ2n) is 6.04. The molecule has 0 atom stereocenters. The van der Waals surface area contributed by atoms with Gasteiger partial charge in [0, 0.05) is 30.6 Å². The Kier molecular flexibility index (Phi) is 2.75. The minimum atomic E-state index is -2.48. The maximum Gasteiger partial charge on any atom is 0.254 e. The van der Waals surface area contributed by atoms with Crippen LogP contribution in [0.25, 0.3) is 0 Å². The summed E-state index contributed by atoms with van der Waals surface area (Å²) in [7, 11) is 0. The third kappa shape index (κ3) is 1.86. The summed E-state index contributed by atoms with van der Waals surface area (Å²) in [5.74, 6) is -1.82. The summed E-state index contributed by atoms with van der Waals surface area (Å²) in [4.78, 5) is 6.43. The van der Waals surface area contributed by atoms with Gasteiger partial charge in [-0.2, -0.15) is 5.26 Å². The van der Waals surface area contributed by atoms with Crippen molar-refractivity contribution in [3.05, 3.63) is 22.9 Å². The van der Waals surface area contributed by atoms with Crippen LogP contribution in [0.5, 0.6) is 0 Å². The number of anilines is 1. The van der Waals surface area contributed by atoms with Crippen LogP contribution in [0.4, 0.5) is 14.6 Å². The molecule has 0 radical (unpaired) electrons. The molecule has 20 heavy (non-hydrogen) atoms. The lowest BCUT2D eigenvalue weighted by Crippen LogP contribution is -2.37. The minimum absolute atomic E-state index is 0.0270. The Labute approximate surface area is 117 Å². The number of hydrogen-bond acceptors (Lipinski definition) is 3. The van der Waals surface area contributed by atoms with E-state index in [0.29, 0.717) is 37.3 Å². The van der Waals surface area contributed by atoms with Crippen LogP contribution < -0.4 is 4.90 Å². The van der Waals surface area contributed by atoms with Crippen LogP contribution in [0.2, 0.25) is 0 Å². The fraction of sp³-hybridized carbons (Fsp3) is 0.600. The SMILES string of the molecule is Cc1cc(C)c(C#N)c(N2CCC3(CC2)CC3(F)F)n1. The molecule has 1 spiro atoms. The summed E-state index contributed by atoms with van der Waals surface area (Å²) < 4.78 is 26.8. The van der Waals surface area contributed by atoms with Crippen LogP contribution in [0.15, 0.2) is 6.07 Å². The highest BCUT2D eigenvalue weighted by molar-refractivity contribution is 5.58. The maximum atomic E-state index is 13.4. The molecule has 2 fully saturated rings. The number of aryl methyl sites for hydroxylation is 2. The van der Waals surface area contributed by atoms with Crippen molar-refractivity contribution in [3.8, 4) is 6.07 Å². The van der Waals surface area contributed by atoms with Gasteiger partial charge in [-0.1, -0.05) is 0 Å². The molecule has 0 bridgehead atoms. The highest BCUT2D eigenvalue weighted by Gasteiger charge is 2.70. The van der Waals surface area contributed by atoms with E-state index >= 15 is 0 Å². The topological polar surface area (TPSA) is 39.9 Å². The molecular weight excluding hydrogens is 260 g/mol. The summed E-state index contributed by atoms with van der Waals surface area (Å²) in [5, 5.41) is 9.28. The molecule has 3 rings (SSSR count). The first-order valence-electron chi connectivity index (χ1n) is 6.90. The lowest BCUT2D eigenvalue weighted by Gasteiger charge is -2.33. The molecule has 1 aromatic heterocycles. The fourth-order valence-electron chi connectivity index (χ4n) is 3.25. The molecule has 0 unspecified atom stereocenters. The van der Waals surface area contributed by atoms with Crippen LogP contribution >= 0.6 is 0 Å². The highest BCUT2D eigenvalue weighted by atomic mass is 19.3. The Hall–Kier alpha value is -1.70. The standard InChI is InChI=1S/C15H17F2N3/c1-10-7-11(2)19-13(12(10)8-18)20-5-3-14(4-6-20)9-15(14,16)17/h7H,3-6,9H2,1-2H3. The molecule has 1 saturated carbocycles. The van der Waals surface area contributed by atoms with E-state index in [-0.39, 0.29) is 6.42 Å². The number of hydrogen-bond donors (Lipinski definition) is 0. The van der Waals surface area contributed by atoms with E-state index in [1.165, 1.54) is 0 Å². The molecule has 1 saturated heterocycles. The summed E-state index contributed by atoms with van der Waals surface area (Å²) in [5.41, 5.74) is 1.55. The number of alkyl halides is 2. The smallest absolute Gasteiger partial charge is 0.254 e. The first-order chi connectivity index (χ1) is 9.38. The third-order valence-electron chi connectivity index (χ3n) is 4.67. The summed E-state index contributed by atoms with van der Waals surface area (Å²) in [6.07, 6.45) is 0.998. The van der Waals surface area contributed by atoms with Gasteiger partial charge in [0.15, 0.2) is 0 Å². The average Bonchev–Trinajstić information content (AvgIpc) is 2.90. The van der Waals surface area contributed by atoms with Crippen LogP contribution in [0.1, 0.15) is 36.1 Å². The zero-order chi connectivity index (χ0) is 14.5. The Morgan fingerprint density at radius 3 is 2.40 bits per heavy atom. The molecule has 3 nitrogen and oxygen atoms in total. The van der Waals surface area contributed by atoms with Gasteiger partial charge in [-0.25, -0.2) is 13.8 Å². The van der Waals surface area contributed by atoms with Crippen molar-refractivity contribution in [3.63, 3.8) is 0 Å². The Balaban J connectivity index is 1.84. The molecule has 2 heterocycles. The van der Waals surface area contributed by atoms with Crippen molar-refractivity contribution in [2.45, 2.75) is 39.0 Å². The molecular formula is C15H17F2N3. The monoisotopic (exact) mass is 277 g/mol. The molecule has 0 amide bonds. The van der Waals surface area contributed by atoms with Gasteiger partial charge in [0.25, 0.3) is 5.92 Å². The number of pyridine rings is 1. The van der Waals surface area contributed by atoms with Crippen molar-refractivity contribution in [1.29, 1.82) is 5.26 Å². The molecule has 1 aliphatic heterocycles. The first-order valence-corrected chi connectivity index (χ1v) is 6.90. The first kappa shape index (κ1) is 13.3. The van der Waals surface area contributed by atoms with E-state index in [1.54, 1.807) is 0 Å². The van der Waals surface area contributed by atoms with E-state index in [4.69, 9.17) is 0 Å². The predicted octanol–water partition coefficient (Wildman–Crippen LogP) is 3.20. The maximum absolute atomic E-state index is 13.4. The van der Waals surface area contributed by atoms with E-state index < -0.39 is 11.3 Å². The van der Waals surface area contributed by atoms with Crippen molar-refractivity contribution in [2.24, 2.45) is 5.41 Å². The van der Waals surface area contributed by atoms with Crippen LogP contribution in [-0.4, -0.2) is 24.0 Å². The number of nitrogens with zero attached hydrogens (tertiary/aromatic N) is 3. The van der Waals surface area contributed by atoms with Crippen molar-refractivity contribution in [2.75, 3.05) is 18.0 Å². The molecule has 2 aliphatic rings. The van der Waals surface area contributed by atoms with Crippen LogP contribution in [0, 0.1) is 30.6 Å². The van der Waals surface area contributed by atoms with Gasteiger partial charge in [-0.3, -0.25) is 0 Å². The van der Waals surface area contributed by atoms with Crippen molar-refractivity contribution in [1.82, 2.24) is 4.98 Å². The largest absolute Gasteiger partial charge is 0.355 e. The van der Waals surface area contributed by atoms with Gasteiger partial charge in [0.2, 0.25) is 0 Å². The molecule has 5 heteroatoms. The predicted molar refractivity (Wildman–Crippen MR) is 71.9 cm³/mol. The number of rotatable bonds is 1. The summed E-state index contributed by atoms with van der Waals surface area (Å²) in [6.45, 7) is 4.88. The number of halogens is 2. The van der Waals surface area contributed by atoms with Gasteiger partial charge in [-0.05, 0) is 38.3 Å². The van der Waals surface area contributed by atoms with Gasteiger partial charge >= 0.3 is 0 Å². The minimum Gasteiger partial charge on any atom is -0.355 e. The van der Waals surface area contributed by atoms with Crippen LogP contribution in [-0.2, 0) is 0 Å². The molecule has 0 N–H and O–H groups in total. The Morgan fingerprint density at radius 2 is 1.90 bits per heavy atom. The lowest BCUT2D eigenvalue weighted by atomic mass is 9.92. The van der Waals surface area contributed by atoms with Gasteiger partial charge in [-0.15, -0.1) is 0 Å². The highest BCUT2D eigenvalue weighted by Crippen LogP contribution is 2.65. The zero-order valence-electron chi connectivity index (χ0n) is 11.7. The van der Waals surface area contributed by atoms with Gasteiger partial charge in [0.05, 0.1) is 5.56 Å². The quantitative estimate of drug-likeness (QED) is 0.791. The van der Waals surface area contributed by atoms with Crippen LogP contribution in [0.3, 0.4) is 0 Å². The van der Waals surface area contributed by atoms with Gasteiger partial charge in [0.1, 0.15) is 11.9 Å². The van der Waals surface area contributed by atoms with E-state index in [2.05, 4.69) is 11.1 Å². The molecule has 106 valence electrons. The molecule has 1 aliphatic carbocycles. The van der Waals surface area contributed by atoms with E-state index in [0.717, 1.165) is 11.3 Å². The van der Waals surface area contributed by atoms with Crippen molar-refractivity contribution < 1.29 is 8.78 Å². The normalized spacial score (nSPS) is 22.6. The van der Waals surface area contributed by atoms with Crippen molar-refractivity contribution >= 4 is 5.82 Å².